The molecular weight excluding hydrogens is 320 g/mol. The summed E-state index contributed by atoms with van der Waals surface area (Å²) in [6, 6.07) is 12.9. The topological polar surface area (TPSA) is 65.0 Å². The van der Waals surface area contributed by atoms with E-state index in [0.29, 0.717) is 34.0 Å². The summed E-state index contributed by atoms with van der Waals surface area (Å²) >= 11 is 0. The van der Waals surface area contributed by atoms with Gasteiger partial charge in [0.05, 0.1) is 14.2 Å². The first-order valence-corrected chi connectivity index (χ1v) is 7.93. The zero-order chi connectivity index (χ0) is 17.6. The number of ether oxygens (including phenoxy) is 2. The molecule has 1 atom stereocenters. The highest BCUT2D eigenvalue weighted by Crippen LogP contribution is 2.37. The maximum Gasteiger partial charge on any atom is 0.141 e. The zero-order valence-corrected chi connectivity index (χ0v) is 14.2. The van der Waals surface area contributed by atoms with Crippen LogP contribution in [-0.2, 0) is 0 Å². The van der Waals surface area contributed by atoms with Crippen molar-refractivity contribution < 1.29 is 23.4 Å². The minimum Gasteiger partial charge on any atom is -0.497 e. The molecule has 0 radical (unpaired) electrons. The largest absolute Gasteiger partial charge is 0.497 e. The van der Waals surface area contributed by atoms with Crippen molar-refractivity contribution in [1.82, 2.24) is 0 Å². The van der Waals surface area contributed by atoms with E-state index in [1.54, 1.807) is 14.2 Å². The molecule has 0 saturated heterocycles. The van der Waals surface area contributed by atoms with E-state index in [1.165, 1.54) is 0 Å². The highest BCUT2D eigenvalue weighted by atomic mass is 16.5. The molecule has 2 aromatic heterocycles. The Morgan fingerprint density at radius 3 is 2.28 bits per heavy atom. The molecule has 0 bridgehead atoms. The summed E-state index contributed by atoms with van der Waals surface area (Å²) in [4.78, 5) is 0. The molecule has 4 rings (SSSR count). The van der Waals surface area contributed by atoms with Gasteiger partial charge in [-0.05, 0) is 49.4 Å². The van der Waals surface area contributed by atoms with Crippen LogP contribution in [0.25, 0.3) is 21.9 Å². The second kappa shape index (κ2) is 5.86. The SMILES string of the molecule is COc1ccc2oc([C@@H](O)c3c(C)oc4ccc(OC)cc34)cc2c1. The second-order valence-corrected chi connectivity index (χ2v) is 5.89. The molecule has 25 heavy (non-hydrogen) atoms. The Labute approximate surface area is 144 Å². The van der Waals surface area contributed by atoms with Crippen molar-refractivity contribution in [2.24, 2.45) is 0 Å². The normalized spacial score (nSPS) is 12.6. The summed E-state index contributed by atoms with van der Waals surface area (Å²) in [5.74, 6) is 2.55. The van der Waals surface area contributed by atoms with Crippen molar-refractivity contribution in [3.63, 3.8) is 0 Å². The first-order valence-electron chi connectivity index (χ1n) is 7.93. The van der Waals surface area contributed by atoms with Gasteiger partial charge in [-0.25, -0.2) is 0 Å². The summed E-state index contributed by atoms with van der Waals surface area (Å²) in [5.41, 5.74) is 2.07. The number of hydrogen-bond donors (Lipinski definition) is 1. The van der Waals surface area contributed by atoms with E-state index in [2.05, 4.69) is 0 Å². The number of hydrogen-bond acceptors (Lipinski definition) is 5. The van der Waals surface area contributed by atoms with E-state index in [9.17, 15) is 5.11 Å². The van der Waals surface area contributed by atoms with E-state index in [1.807, 2.05) is 49.4 Å². The standard InChI is InChI=1S/C20H18O5/c1-11-19(15-10-14(23-3)5-7-17(15)24-11)20(21)18-9-12-8-13(22-2)4-6-16(12)25-18/h4-10,20-21H,1-3H3/t20-/m1/s1. The van der Waals surface area contributed by atoms with Crippen molar-refractivity contribution in [2.45, 2.75) is 13.0 Å². The number of aliphatic hydroxyl groups is 1. The van der Waals surface area contributed by atoms with Crippen molar-refractivity contribution >= 4 is 21.9 Å². The monoisotopic (exact) mass is 338 g/mol. The smallest absolute Gasteiger partial charge is 0.141 e. The molecule has 0 fully saturated rings. The lowest BCUT2D eigenvalue weighted by molar-refractivity contribution is 0.191. The van der Waals surface area contributed by atoms with Gasteiger partial charge < -0.3 is 23.4 Å². The van der Waals surface area contributed by atoms with E-state index < -0.39 is 6.10 Å². The molecular formula is C20H18O5. The fourth-order valence-electron chi connectivity index (χ4n) is 3.13. The van der Waals surface area contributed by atoms with Crippen LogP contribution < -0.4 is 9.47 Å². The number of rotatable bonds is 4. The van der Waals surface area contributed by atoms with Crippen LogP contribution in [0.15, 0.2) is 51.3 Å². The third-order valence-electron chi connectivity index (χ3n) is 4.40. The molecule has 5 nitrogen and oxygen atoms in total. The van der Waals surface area contributed by atoms with Crippen molar-refractivity contribution in [3.8, 4) is 11.5 Å². The van der Waals surface area contributed by atoms with Crippen LogP contribution in [0.3, 0.4) is 0 Å². The van der Waals surface area contributed by atoms with Crippen LogP contribution in [0.4, 0.5) is 0 Å². The maximum atomic E-state index is 10.9. The second-order valence-electron chi connectivity index (χ2n) is 5.89. The molecule has 4 aromatic rings. The summed E-state index contributed by atoms with van der Waals surface area (Å²) in [6.07, 6.45) is -0.938. The first-order chi connectivity index (χ1) is 12.1. The predicted molar refractivity (Wildman–Crippen MR) is 94.3 cm³/mol. The summed E-state index contributed by atoms with van der Waals surface area (Å²) in [5, 5.41) is 12.6. The number of furan rings is 2. The van der Waals surface area contributed by atoms with Gasteiger partial charge >= 0.3 is 0 Å². The number of fused-ring (bicyclic) bond motifs is 2. The number of aryl methyl sites for hydroxylation is 1. The van der Waals surface area contributed by atoms with Crippen LogP contribution in [-0.4, -0.2) is 19.3 Å². The van der Waals surface area contributed by atoms with Crippen LogP contribution in [0.2, 0.25) is 0 Å². The third-order valence-corrected chi connectivity index (χ3v) is 4.40. The lowest BCUT2D eigenvalue weighted by atomic mass is 10.0. The average Bonchev–Trinajstić information content (AvgIpc) is 3.19. The third kappa shape index (κ3) is 2.53. The molecule has 0 aliphatic heterocycles. The van der Waals surface area contributed by atoms with Gasteiger partial charge in [-0.1, -0.05) is 0 Å². The Kier molecular flexibility index (Phi) is 3.66. The molecule has 0 saturated carbocycles. The van der Waals surface area contributed by atoms with Gasteiger partial charge in [-0.15, -0.1) is 0 Å². The van der Waals surface area contributed by atoms with Crippen LogP contribution in [0.5, 0.6) is 11.5 Å². The molecule has 0 aliphatic carbocycles. The van der Waals surface area contributed by atoms with E-state index >= 15 is 0 Å². The van der Waals surface area contributed by atoms with Crippen LogP contribution in [0.1, 0.15) is 23.2 Å². The fourth-order valence-corrected chi connectivity index (χ4v) is 3.13. The van der Waals surface area contributed by atoms with Gasteiger partial charge in [0.25, 0.3) is 0 Å². The Bertz CT molecular complexity index is 1060. The lowest BCUT2D eigenvalue weighted by Crippen LogP contribution is -1.99. The van der Waals surface area contributed by atoms with Crippen molar-refractivity contribution in [2.75, 3.05) is 14.2 Å². The van der Waals surface area contributed by atoms with Gasteiger partial charge in [0.2, 0.25) is 0 Å². The predicted octanol–water partition coefficient (Wildman–Crippen LogP) is 4.59. The van der Waals surface area contributed by atoms with Gasteiger partial charge in [0.1, 0.15) is 40.3 Å². The summed E-state index contributed by atoms with van der Waals surface area (Å²) in [7, 11) is 3.22. The highest BCUT2D eigenvalue weighted by Gasteiger charge is 2.24. The summed E-state index contributed by atoms with van der Waals surface area (Å²) in [6.45, 7) is 1.83. The fraction of sp³-hybridized carbons (Fsp3) is 0.200. The molecule has 0 spiro atoms. The zero-order valence-electron chi connectivity index (χ0n) is 14.2. The molecule has 0 unspecified atom stereocenters. The molecule has 0 amide bonds. The highest BCUT2D eigenvalue weighted by molar-refractivity contribution is 5.85. The lowest BCUT2D eigenvalue weighted by Gasteiger charge is -2.07. The van der Waals surface area contributed by atoms with E-state index in [-0.39, 0.29) is 0 Å². The summed E-state index contributed by atoms with van der Waals surface area (Å²) < 4.78 is 22.1. The van der Waals surface area contributed by atoms with Gasteiger partial charge in [-0.3, -0.25) is 0 Å². The van der Waals surface area contributed by atoms with Crippen molar-refractivity contribution in [3.05, 3.63) is 59.5 Å². The minimum absolute atomic E-state index is 0.455. The molecule has 0 aliphatic rings. The van der Waals surface area contributed by atoms with E-state index in [4.69, 9.17) is 18.3 Å². The minimum atomic E-state index is -0.938. The van der Waals surface area contributed by atoms with Crippen LogP contribution >= 0.6 is 0 Å². The van der Waals surface area contributed by atoms with Gasteiger partial charge in [0, 0.05) is 16.3 Å². The molecule has 128 valence electrons. The maximum absolute atomic E-state index is 10.9. The molecule has 2 heterocycles. The Morgan fingerprint density at radius 1 is 0.880 bits per heavy atom. The molecule has 5 heteroatoms. The quantitative estimate of drug-likeness (QED) is 0.590. The number of methoxy groups -OCH3 is 2. The first kappa shape index (κ1) is 15.6. The number of benzene rings is 2. The van der Waals surface area contributed by atoms with Crippen LogP contribution in [0, 0.1) is 6.92 Å². The van der Waals surface area contributed by atoms with Gasteiger partial charge in [-0.2, -0.15) is 0 Å². The average molecular weight is 338 g/mol. The molecule has 2 aromatic carbocycles. The van der Waals surface area contributed by atoms with Gasteiger partial charge in [0.15, 0.2) is 0 Å². The Hall–Kier alpha value is -2.92. The Morgan fingerprint density at radius 2 is 1.56 bits per heavy atom. The molecule has 1 N–H and O–H groups in total. The van der Waals surface area contributed by atoms with E-state index in [0.717, 1.165) is 16.5 Å². The number of aliphatic hydroxyl groups excluding tert-OH is 1. The van der Waals surface area contributed by atoms with Crippen molar-refractivity contribution in [1.29, 1.82) is 0 Å². The Balaban J connectivity index is 1.84.